The van der Waals surface area contributed by atoms with Gasteiger partial charge in [-0.25, -0.2) is 0 Å². The van der Waals surface area contributed by atoms with Crippen molar-refractivity contribution in [2.75, 3.05) is 31.1 Å². The highest BCUT2D eigenvalue weighted by Crippen LogP contribution is 2.26. The molecule has 0 saturated carbocycles. The summed E-state index contributed by atoms with van der Waals surface area (Å²) in [4.78, 5) is 9.63. The predicted molar refractivity (Wildman–Crippen MR) is 84.6 cm³/mol. The highest BCUT2D eigenvalue weighted by atomic mass is 15.6. The number of benzene rings is 1. The fourth-order valence-electron chi connectivity index (χ4n) is 3.08. The van der Waals surface area contributed by atoms with E-state index in [0.29, 0.717) is 0 Å². The maximum Gasteiger partial charge on any atom is 0.188 e. The lowest BCUT2D eigenvalue weighted by Gasteiger charge is -2.35. The van der Waals surface area contributed by atoms with E-state index in [4.69, 9.17) is 0 Å². The average Bonchev–Trinajstić information content (AvgIpc) is 3.16. The maximum atomic E-state index is 4.25. The van der Waals surface area contributed by atoms with Crippen LogP contribution in [0.3, 0.4) is 0 Å². The summed E-state index contributed by atoms with van der Waals surface area (Å²) in [6, 6.07) is 8.59. The van der Waals surface area contributed by atoms with Crippen molar-refractivity contribution >= 4 is 16.6 Å². The SMILES string of the molecule is Cn1nnc(CN2CCN(c3cccc4[nH]ccc34)CC2)n1. The van der Waals surface area contributed by atoms with Gasteiger partial charge in [0.25, 0.3) is 0 Å². The third kappa shape index (κ3) is 2.43. The van der Waals surface area contributed by atoms with Gasteiger partial charge in [-0.05, 0) is 23.4 Å². The number of H-pyrrole nitrogens is 1. The van der Waals surface area contributed by atoms with Crippen molar-refractivity contribution in [3.63, 3.8) is 0 Å². The molecule has 0 radical (unpaired) electrons. The van der Waals surface area contributed by atoms with Gasteiger partial charge in [-0.1, -0.05) is 6.07 Å². The van der Waals surface area contributed by atoms with Gasteiger partial charge in [-0.15, -0.1) is 10.2 Å². The molecular formula is C15H19N7. The zero-order chi connectivity index (χ0) is 14.9. The lowest BCUT2D eigenvalue weighted by molar-refractivity contribution is 0.244. The zero-order valence-electron chi connectivity index (χ0n) is 12.6. The average molecular weight is 297 g/mol. The van der Waals surface area contributed by atoms with Gasteiger partial charge in [0.2, 0.25) is 0 Å². The third-order valence-electron chi connectivity index (χ3n) is 4.20. The molecule has 0 unspecified atom stereocenters. The lowest BCUT2D eigenvalue weighted by atomic mass is 10.1. The first-order valence-electron chi connectivity index (χ1n) is 7.56. The number of piperazine rings is 1. The minimum atomic E-state index is 0.774. The van der Waals surface area contributed by atoms with Gasteiger partial charge in [0.15, 0.2) is 5.82 Å². The molecule has 114 valence electrons. The van der Waals surface area contributed by atoms with Gasteiger partial charge < -0.3 is 9.88 Å². The number of nitrogens with one attached hydrogen (secondary N) is 1. The fourth-order valence-corrected chi connectivity index (χ4v) is 3.08. The highest BCUT2D eigenvalue weighted by Gasteiger charge is 2.20. The molecule has 1 aliphatic rings. The van der Waals surface area contributed by atoms with Crippen LogP contribution in [0.4, 0.5) is 5.69 Å². The Hall–Kier alpha value is -2.41. The molecule has 4 rings (SSSR count). The van der Waals surface area contributed by atoms with E-state index in [1.165, 1.54) is 21.4 Å². The Morgan fingerprint density at radius 2 is 2.00 bits per heavy atom. The molecule has 0 amide bonds. The minimum Gasteiger partial charge on any atom is -0.368 e. The van der Waals surface area contributed by atoms with Crippen molar-refractivity contribution in [2.24, 2.45) is 7.05 Å². The molecule has 3 heterocycles. The van der Waals surface area contributed by atoms with Crippen LogP contribution in [0, 0.1) is 0 Å². The van der Waals surface area contributed by atoms with E-state index in [-0.39, 0.29) is 0 Å². The number of hydrogen-bond donors (Lipinski definition) is 1. The number of tetrazole rings is 1. The zero-order valence-corrected chi connectivity index (χ0v) is 12.6. The quantitative estimate of drug-likeness (QED) is 0.781. The lowest BCUT2D eigenvalue weighted by Crippen LogP contribution is -2.46. The van der Waals surface area contributed by atoms with E-state index in [1.807, 2.05) is 6.20 Å². The van der Waals surface area contributed by atoms with Gasteiger partial charge in [0, 0.05) is 49.0 Å². The van der Waals surface area contributed by atoms with Crippen molar-refractivity contribution < 1.29 is 0 Å². The van der Waals surface area contributed by atoms with Gasteiger partial charge >= 0.3 is 0 Å². The van der Waals surface area contributed by atoms with E-state index >= 15 is 0 Å². The van der Waals surface area contributed by atoms with Crippen LogP contribution in [0.5, 0.6) is 0 Å². The predicted octanol–water partition coefficient (Wildman–Crippen LogP) is 1.01. The molecular weight excluding hydrogens is 278 g/mol. The van der Waals surface area contributed by atoms with Gasteiger partial charge in [0.05, 0.1) is 13.6 Å². The number of aromatic nitrogens is 5. The molecule has 1 saturated heterocycles. The minimum absolute atomic E-state index is 0.774. The van der Waals surface area contributed by atoms with E-state index in [9.17, 15) is 0 Å². The van der Waals surface area contributed by atoms with Crippen molar-refractivity contribution in [1.82, 2.24) is 30.1 Å². The van der Waals surface area contributed by atoms with Crippen LogP contribution in [0.2, 0.25) is 0 Å². The van der Waals surface area contributed by atoms with E-state index < -0.39 is 0 Å². The number of aryl methyl sites for hydroxylation is 1. The van der Waals surface area contributed by atoms with Crippen molar-refractivity contribution in [3.8, 4) is 0 Å². The fraction of sp³-hybridized carbons (Fsp3) is 0.400. The number of fused-ring (bicyclic) bond motifs is 1. The molecule has 1 aliphatic heterocycles. The Labute approximate surface area is 128 Å². The van der Waals surface area contributed by atoms with E-state index in [2.05, 4.69) is 54.5 Å². The molecule has 22 heavy (non-hydrogen) atoms. The molecule has 3 aromatic rings. The molecule has 7 nitrogen and oxygen atoms in total. The smallest absolute Gasteiger partial charge is 0.188 e. The molecule has 0 bridgehead atoms. The Balaban J connectivity index is 1.44. The highest BCUT2D eigenvalue weighted by molar-refractivity contribution is 5.92. The van der Waals surface area contributed by atoms with E-state index in [1.54, 1.807) is 7.05 Å². The number of hydrogen-bond acceptors (Lipinski definition) is 5. The van der Waals surface area contributed by atoms with Crippen LogP contribution in [0.15, 0.2) is 30.5 Å². The normalized spacial score (nSPS) is 16.5. The van der Waals surface area contributed by atoms with Crippen LogP contribution < -0.4 is 4.90 Å². The van der Waals surface area contributed by atoms with Crippen molar-refractivity contribution in [2.45, 2.75) is 6.54 Å². The summed E-state index contributed by atoms with van der Waals surface area (Å²) in [5.41, 5.74) is 2.51. The second kappa shape index (κ2) is 5.42. The summed E-state index contributed by atoms with van der Waals surface area (Å²) >= 11 is 0. The molecule has 1 aromatic carbocycles. The summed E-state index contributed by atoms with van der Waals surface area (Å²) in [5.74, 6) is 0.795. The standard InChI is InChI=1S/C15H19N7/c1-20-18-15(17-19-20)11-21-7-9-22(10-8-21)14-4-2-3-13-12(14)5-6-16-13/h2-6,16H,7-11H2,1H3. The topological polar surface area (TPSA) is 65.9 Å². The molecule has 0 aliphatic carbocycles. The molecule has 0 spiro atoms. The first-order valence-corrected chi connectivity index (χ1v) is 7.56. The van der Waals surface area contributed by atoms with E-state index in [0.717, 1.165) is 38.5 Å². The molecule has 2 aromatic heterocycles. The van der Waals surface area contributed by atoms with Crippen LogP contribution >= 0.6 is 0 Å². The first-order chi connectivity index (χ1) is 10.8. The van der Waals surface area contributed by atoms with Crippen LogP contribution in [0.1, 0.15) is 5.82 Å². The Morgan fingerprint density at radius 3 is 2.77 bits per heavy atom. The second-order valence-corrected chi connectivity index (χ2v) is 5.67. The monoisotopic (exact) mass is 297 g/mol. The van der Waals surface area contributed by atoms with Crippen LogP contribution in [-0.4, -0.2) is 56.3 Å². The molecule has 1 N–H and O–H groups in total. The summed E-state index contributed by atoms with van der Waals surface area (Å²) in [6.07, 6.45) is 2.00. The van der Waals surface area contributed by atoms with Crippen LogP contribution in [-0.2, 0) is 13.6 Å². The third-order valence-corrected chi connectivity index (χ3v) is 4.20. The van der Waals surface area contributed by atoms with Gasteiger partial charge in [-0.2, -0.15) is 4.80 Å². The Bertz CT molecular complexity index is 767. The molecule has 7 heteroatoms. The number of nitrogens with zero attached hydrogens (tertiary/aromatic N) is 6. The van der Waals surface area contributed by atoms with Crippen molar-refractivity contribution in [1.29, 1.82) is 0 Å². The summed E-state index contributed by atoms with van der Waals surface area (Å²) in [6.45, 7) is 4.84. The molecule has 1 fully saturated rings. The van der Waals surface area contributed by atoms with Crippen molar-refractivity contribution in [3.05, 3.63) is 36.3 Å². The summed E-state index contributed by atoms with van der Waals surface area (Å²) in [7, 11) is 1.80. The molecule has 0 atom stereocenters. The second-order valence-electron chi connectivity index (χ2n) is 5.67. The first kappa shape index (κ1) is 13.3. The van der Waals surface area contributed by atoms with Gasteiger partial charge in [0.1, 0.15) is 0 Å². The largest absolute Gasteiger partial charge is 0.368 e. The Morgan fingerprint density at radius 1 is 1.14 bits per heavy atom. The maximum absolute atomic E-state index is 4.25. The Kier molecular flexibility index (Phi) is 3.27. The van der Waals surface area contributed by atoms with Crippen LogP contribution in [0.25, 0.3) is 10.9 Å². The number of anilines is 1. The number of aromatic amines is 1. The summed E-state index contributed by atoms with van der Waals surface area (Å²) in [5, 5.41) is 13.5. The number of rotatable bonds is 3. The summed E-state index contributed by atoms with van der Waals surface area (Å²) < 4.78 is 0. The van der Waals surface area contributed by atoms with Gasteiger partial charge in [-0.3, -0.25) is 4.90 Å².